The van der Waals surface area contributed by atoms with Gasteiger partial charge in [-0.3, -0.25) is 9.59 Å². The number of benzene rings is 1. The van der Waals surface area contributed by atoms with Crippen molar-refractivity contribution in [3.05, 3.63) is 48.3 Å². The standard InChI is InChI=1S/C18H22N4O2/c1-13(20-18(24)16-8-5-9-19-16)17(23)21-14-6-4-7-15(12-14)22-10-2-3-11-22/h4-9,12-13,19H,2-3,10-11H2,1H3,(H,20,24)(H,21,23)/t13-/m0/s1. The molecule has 0 aliphatic carbocycles. The van der Waals surface area contributed by atoms with E-state index in [1.807, 2.05) is 18.2 Å². The summed E-state index contributed by atoms with van der Waals surface area (Å²) in [6, 6.07) is 10.6. The maximum Gasteiger partial charge on any atom is 0.268 e. The fraction of sp³-hybridized carbons (Fsp3) is 0.333. The summed E-state index contributed by atoms with van der Waals surface area (Å²) in [5.41, 5.74) is 2.30. The number of nitrogens with one attached hydrogen (secondary N) is 3. The molecule has 2 aromatic rings. The monoisotopic (exact) mass is 326 g/mol. The summed E-state index contributed by atoms with van der Waals surface area (Å²) >= 11 is 0. The van der Waals surface area contributed by atoms with Crippen LogP contribution in [0.1, 0.15) is 30.3 Å². The van der Waals surface area contributed by atoms with E-state index < -0.39 is 6.04 Å². The molecule has 1 saturated heterocycles. The number of H-pyrrole nitrogens is 1. The third-order valence-electron chi connectivity index (χ3n) is 4.17. The molecular formula is C18H22N4O2. The van der Waals surface area contributed by atoms with Crippen molar-refractivity contribution in [1.82, 2.24) is 10.3 Å². The molecule has 0 bridgehead atoms. The van der Waals surface area contributed by atoms with Gasteiger partial charge in [-0.15, -0.1) is 0 Å². The number of nitrogens with zero attached hydrogens (tertiary/aromatic N) is 1. The van der Waals surface area contributed by atoms with Crippen LogP contribution in [0, 0.1) is 0 Å². The van der Waals surface area contributed by atoms with Crippen LogP contribution in [0.4, 0.5) is 11.4 Å². The van der Waals surface area contributed by atoms with Gasteiger partial charge in [-0.25, -0.2) is 0 Å². The number of hydrogen-bond donors (Lipinski definition) is 3. The van der Waals surface area contributed by atoms with Gasteiger partial charge in [0.15, 0.2) is 0 Å². The van der Waals surface area contributed by atoms with Gasteiger partial charge in [0.1, 0.15) is 11.7 Å². The van der Waals surface area contributed by atoms with Gasteiger partial charge in [-0.2, -0.15) is 0 Å². The minimum atomic E-state index is -0.628. The van der Waals surface area contributed by atoms with Crippen LogP contribution in [0.3, 0.4) is 0 Å². The Morgan fingerprint density at radius 2 is 1.96 bits per heavy atom. The number of aromatic amines is 1. The van der Waals surface area contributed by atoms with E-state index in [0.717, 1.165) is 24.5 Å². The molecule has 1 aliphatic heterocycles. The van der Waals surface area contributed by atoms with Crippen LogP contribution >= 0.6 is 0 Å². The van der Waals surface area contributed by atoms with E-state index in [1.54, 1.807) is 25.3 Å². The van der Waals surface area contributed by atoms with Crippen molar-refractivity contribution in [2.24, 2.45) is 0 Å². The van der Waals surface area contributed by atoms with Crippen molar-refractivity contribution in [3.63, 3.8) is 0 Å². The van der Waals surface area contributed by atoms with E-state index in [-0.39, 0.29) is 11.8 Å². The highest BCUT2D eigenvalue weighted by Crippen LogP contribution is 2.23. The van der Waals surface area contributed by atoms with Gasteiger partial charge in [-0.1, -0.05) is 6.07 Å². The highest BCUT2D eigenvalue weighted by atomic mass is 16.2. The fourth-order valence-electron chi connectivity index (χ4n) is 2.82. The summed E-state index contributed by atoms with van der Waals surface area (Å²) < 4.78 is 0. The maximum atomic E-state index is 12.3. The first-order valence-corrected chi connectivity index (χ1v) is 8.23. The minimum absolute atomic E-state index is 0.242. The van der Waals surface area contributed by atoms with Gasteiger partial charge in [-0.05, 0) is 50.1 Å². The number of carbonyl (C=O) groups is 2. The first-order chi connectivity index (χ1) is 11.6. The summed E-state index contributed by atoms with van der Waals surface area (Å²) in [5, 5.41) is 5.55. The first kappa shape index (κ1) is 16.1. The molecule has 1 aromatic heterocycles. The Hall–Kier alpha value is -2.76. The molecule has 2 amide bonds. The molecule has 1 aromatic carbocycles. The first-order valence-electron chi connectivity index (χ1n) is 8.23. The zero-order chi connectivity index (χ0) is 16.9. The topological polar surface area (TPSA) is 77.2 Å². The normalized spacial score (nSPS) is 15.1. The molecule has 24 heavy (non-hydrogen) atoms. The second kappa shape index (κ2) is 7.21. The third kappa shape index (κ3) is 3.76. The lowest BCUT2D eigenvalue weighted by molar-refractivity contribution is -0.117. The number of hydrogen-bond acceptors (Lipinski definition) is 3. The van der Waals surface area contributed by atoms with Crippen molar-refractivity contribution in [2.45, 2.75) is 25.8 Å². The Morgan fingerprint density at radius 3 is 2.67 bits per heavy atom. The fourth-order valence-corrected chi connectivity index (χ4v) is 2.82. The van der Waals surface area contributed by atoms with Gasteiger partial charge in [0.05, 0.1) is 0 Å². The van der Waals surface area contributed by atoms with Crippen LogP contribution in [0.25, 0.3) is 0 Å². The summed E-state index contributed by atoms with van der Waals surface area (Å²) in [4.78, 5) is 29.4. The van der Waals surface area contributed by atoms with Gasteiger partial charge in [0.25, 0.3) is 5.91 Å². The van der Waals surface area contributed by atoms with Crippen molar-refractivity contribution in [1.29, 1.82) is 0 Å². The summed E-state index contributed by atoms with van der Waals surface area (Å²) in [6.45, 7) is 3.78. The Morgan fingerprint density at radius 1 is 1.17 bits per heavy atom. The predicted octanol–water partition coefficient (Wildman–Crippen LogP) is 2.37. The van der Waals surface area contributed by atoms with Crippen LogP contribution in [0.5, 0.6) is 0 Å². The van der Waals surface area contributed by atoms with E-state index in [9.17, 15) is 9.59 Å². The number of anilines is 2. The van der Waals surface area contributed by atoms with Crippen LogP contribution in [-0.4, -0.2) is 35.9 Å². The van der Waals surface area contributed by atoms with Crippen LogP contribution in [0.15, 0.2) is 42.6 Å². The van der Waals surface area contributed by atoms with Gasteiger partial charge < -0.3 is 20.5 Å². The summed E-state index contributed by atoms with van der Waals surface area (Å²) in [5.74, 6) is -0.540. The Kier molecular flexibility index (Phi) is 4.84. The lowest BCUT2D eigenvalue weighted by Crippen LogP contribution is -2.41. The van der Waals surface area contributed by atoms with E-state index in [2.05, 4.69) is 26.6 Å². The minimum Gasteiger partial charge on any atom is -0.371 e. The molecule has 0 radical (unpaired) electrons. The molecule has 0 spiro atoms. The molecule has 0 unspecified atom stereocenters. The lowest BCUT2D eigenvalue weighted by atomic mass is 10.2. The Labute approximate surface area is 141 Å². The van der Waals surface area contributed by atoms with Gasteiger partial charge in [0.2, 0.25) is 5.91 Å². The second-order valence-corrected chi connectivity index (χ2v) is 6.01. The average molecular weight is 326 g/mol. The van der Waals surface area contributed by atoms with Crippen molar-refractivity contribution in [3.8, 4) is 0 Å². The summed E-state index contributed by atoms with van der Waals surface area (Å²) in [7, 11) is 0. The average Bonchev–Trinajstić information content (AvgIpc) is 3.28. The molecular weight excluding hydrogens is 304 g/mol. The predicted molar refractivity (Wildman–Crippen MR) is 94.2 cm³/mol. The molecule has 3 N–H and O–H groups in total. The molecule has 1 aliphatic rings. The molecule has 126 valence electrons. The van der Waals surface area contributed by atoms with Gasteiger partial charge in [0, 0.05) is 30.7 Å². The van der Waals surface area contributed by atoms with Gasteiger partial charge >= 0.3 is 0 Å². The maximum absolute atomic E-state index is 12.3. The zero-order valence-electron chi connectivity index (χ0n) is 13.7. The molecule has 3 rings (SSSR count). The van der Waals surface area contributed by atoms with Crippen LogP contribution in [-0.2, 0) is 4.79 Å². The Balaban J connectivity index is 1.59. The van der Waals surface area contributed by atoms with E-state index in [1.165, 1.54) is 12.8 Å². The number of rotatable bonds is 5. The second-order valence-electron chi connectivity index (χ2n) is 6.01. The lowest BCUT2D eigenvalue weighted by Gasteiger charge is -2.19. The zero-order valence-corrected chi connectivity index (χ0v) is 13.7. The number of aromatic nitrogens is 1. The molecule has 6 heteroatoms. The highest BCUT2D eigenvalue weighted by molar-refractivity contribution is 6.00. The highest BCUT2D eigenvalue weighted by Gasteiger charge is 2.18. The molecule has 0 saturated carbocycles. The molecule has 1 fully saturated rings. The Bertz CT molecular complexity index is 706. The van der Waals surface area contributed by atoms with Crippen molar-refractivity contribution in [2.75, 3.05) is 23.3 Å². The van der Waals surface area contributed by atoms with E-state index >= 15 is 0 Å². The largest absolute Gasteiger partial charge is 0.371 e. The number of amides is 2. The van der Waals surface area contributed by atoms with Crippen molar-refractivity contribution >= 4 is 23.2 Å². The van der Waals surface area contributed by atoms with E-state index in [4.69, 9.17) is 0 Å². The van der Waals surface area contributed by atoms with Crippen LogP contribution in [0.2, 0.25) is 0 Å². The number of carbonyl (C=O) groups excluding carboxylic acids is 2. The summed E-state index contributed by atoms with van der Waals surface area (Å²) in [6.07, 6.45) is 4.08. The van der Waals surface area contributed by atoms with Crippen molar-refractivity contribution < 1.29 is 9.59 Å². The smallest absolute Gasteiger partial charge is 0.268 e. The quantitative estimate of drug-likeness (QED) is 0.789. The molecule has 2 heterocycles. The van der Waals surface area contributed by atoms with Crippen LogP contribution < -0.4 is 15.5 Å². The third-order valence-corrected chi connectivity index (χ3v) is 4.17. The molecule has 1 atom stereocenters. The SMILES string of the molecule is C[C@H](NC(=O)c1ccc[nH]1)C(=O)Nc1cccc(N2CCCC2)c1. The molecule has 6 nitrogen and oxygen atoms in total. The van der Waals surface area contributed by atoms with E-state index in [0.29, 0.717) is 5.69 Å².